The molecule has 0 amide bonds. The van der Waals surface area contributed by atoms with E-state index in [2.05, 4.69) is 20.6 Å². The molecule has 0 radical (unpaired) electrons. The topological polar surface area (TPSA) is 102 Å². The Kier molecular flexibility index (Phi) is 5.46. The Morgan fingerprint density at radius 3 is 2.58 bits per heavy atom. The molecule has 0 saturated carbocycles. The van der Waals surface area contributed by atoms with E-state index in [1.165, 1.54) is 6.33 Å². The van der Waals surface area contributed by atoms with Crippen LogP contribution in [0.15, 0.2) is 30.6 Å². The molecule has 1 atom stereocenters. The molecule has 1 saturated heterocycles. The summed E-state index contributed by atoms with van der Waals surface area (Å²) in [6, 6.07) is 7.36. The average molecular weight is 378 g/mol. The van der Waals surface area contributed by atoms with E-state index in [1.54, 1.807) is 20.3 Å². The fourth-order valence-electron chi connectivity index (χ4n) is 2.83. The van der Waals surface area contributed by atoms with Crippen molar-refractivity contribution in [3.05, 3.63) is 36.2 Å². The van der Waals surface area contributed by atoms with Gasteiger partial charge < -0.3 is 20.1 Å². The first kappa shape index (κ1) is 18.2. The Balaban J connectivity index is 1.62. The number of nitrogens with one attached hydrogen (secondary N) is 2. The van der Waals surface area contributed by atoms with Gasteiger partial charge in [-0.2, -0.15) is 0 Å². The van der Waals surface area contributed by atoms with Crippen molar-refractivity contribution in [2.24, 2.45) is 0 Å². The van der Waals surface area contributed by atoms with E-state index < -0.39 is 9.84 Å². The summed E-state index contributed by atoms with van der Waals surface area (Å²) in [6.45, 7) is 0.550. The minimum Gasteiger partial charge on any atom is -0.493 e. The molecule has 140 valence electrons. The quantitative estimate of drug-likeness (QED) is 0.751. The van der Waals surface area contributed by atoms with Crippen LogP contribution in [0.4, 0.5) is 11.6 Å². The molecule has 2 N–H and O–H groups in total. The van der Waals surface area contributed by atoms with Crippen LogP contribution in [0, 0.1) is 0 Å². The van der Waals surface area contributed by atoms with Gasteiger partial charge in [0.15, 0.2) is 21.3 Å². The minimum absolute atomic E-state index is 0.103. The van der Waals surface area contributed by atoms with E-state index in [0.29, 0.717) is 36.1 Å². The Morgan fingerprint density at radius 1 is 1.12 bits per heavy atom. The van der Waals surface area contributed by atoms with Crippen LogP contribution in [-0.2, 0) is 16.4 Å². The van der Waals surface area contributed by atoms with Gasteiger partial charge in [0.1, 0.15) is 18.0 Å². The first-order valence-electron chi connectivity index (χ1n) is 8.23. The molecule has 2 aromatic rings. The highest BCUT2D eigenvalue weighted by molar-refractivity contribution is 7.91. The van der Waals surface area contributed by atoms with Crippen LogP contribution in [0.3, 0.4) is 0 Å². The number of ether oxygens (including phenoxy) is 2. The van der Waals surface area contributed by atoms with E-state index in [1.807, 2.05) is 18.2 Å². The zero-order valence-corrected chi connectivity index (χ0v) is 15.5. The van der Waals surface area contributed by atoms with Gasteiger partial charge in [0.05, 0.1) is 25.7 Å². The van der Waals surface area contributed by atoms with Gasteiger partial charge >= 0.3 is 0 Å². The maximum Gasteiger partial charge on any atom is 0.161 e. The Morgan fingerprint density at radius 2 is 1.88 bits per heavy atom. The van der Waals surface area contributed by atoms with Crippen molar-refractivity contribution < 1.29 is 17.9 Å². The molecule has 0 spiro atoms. The molecule has 26 heavy (non-hydrogen) atoms. The maximum absolute atomic E-state index is 11.6. The van der Waals surface area contributed by atoms with Crippen molar-refractivity contribution in [3.63, 3.8) is 0 Å². The van der Waals surface area contributed by atoms with Crippen LogP contribution in [0.25, 0.3) is 0 Å². The highest BCUT2D eigenvalue weighted by Crippen LogP contribution is 2.27. The summed E-state index contributed by atoms with van der Waals surface area (Å²) in [5, 5.41) is 6.39. The third-order valence-electron chi connectivity index (χ3n) is 4.17. The fraction of sp³-hybridized carbons (Fsp3) is 0.412. The van der Waals surface area contributed by atoms with Gasteiger partial charge in [-0.3, -0.25) is 0 Å². The van der Waals surface area contributed by atoms with Crippen molar-refractivity contribution >= 4 is 21.5 Å². The molecule has 0 aliphatic carbocycles. The molecule has 3 rings (SSSR count). The summed E-state index contributed by atoms with van der Waals surface area (Å²) in [5.41, 5.74) is 1.01. The van der Waals surface area contributed by atoms with Crippen LogP contribution in [-0.4, -0.2) is 50.2 Å². The van der Waals surface area contributed by atoms with Gasteiger partial charge in [-0.25, -0.2) is 18.4 Å². The van der Waals surface area contributed by atoms with Gasteiger partial charge in [0, 0.05) is 18.7 Å². The smallest absolute Gasteiger partial charge is 0.161 e. The summed E-state index contributed by atoms with van der Waals surface area (Å²) in [5.74, 6) is 2.97. The zero-order valence-electron chi connectivity index (χ0n) is 14.7. The van der Waals surface area contributed by atoms with Gasteiger partial charge in [-0.15, -0.1) is 0 Å². The highest BCUT2D eigenvalue weighted by atomic mass is 32.2. The normalized spacial score (nSPS) is 18.3. The summed E-state index contributed by atoms with van der Waals surface area (Å²) in [4.78, 5) is 8.36. The molecule has 2 heterocycles. The van der Waals surface area contributed by atoms with Crippen molar-refractivity contribution in [3.8, 4) is 11.5 Å². The SMILES string of the molecule is COc1ccc(CNc2cc(NC3CCS(=O)(=O)C3)ncn2)cc1OC. The molecular weight excluding hydrogens is 356 g/mol. The van der Waals surface area contributed by atoms with Crippen molar-refractivity contribution in [1.29, 1.82) is 0 Å². The second kappa shape index (κ2) is 7.77. The van der Waals surface area contributed by atoms with E-state index >= 15 is 0 Å². The molecule has 1 aliphatic heterocycles. The van der Waals surface area contributed by atoms with Gasteiger partial charge in [0.2, 0.25) is 0 Å². The van der Waals surface area contributed by atoms with Crippen molar-refractivity contribution in [1.82, 2.24) is 9.97 Å². The molecule has 9 heteroatoms. The number of sulfone groups is 1. The summed E-state index contributed by atoms with van der Waals surface area (Å²) in [6.07, 6.45) is 2.05. The molecule has 1 unspecified atom stereocenters. The second-order valence-corrected chi connectivity index (χ2v) is 8.30. The van der Waals surface area contributed by atoms with Crippen LogP contribution < -0.4 is 20.1 Å². The predicted molar refractivity (Wildman–Crippen MR) is 99.6 cm³/mol. The standard InChI is InChI=1S/C17H22N4O4S/c1-24-14-4-3-12(7-15(14)25-2)9-18-16-8-17(20-11-19-16)21-13-5-6-26(22,23)10-13/h3-4,7-8,11,13H,5-6,9-10H2,1-2H3,(H2,18,19,20,21). The third-order valence-corrected chi connectivity index (χ3v) is 5.94. The lowest BCUT2D eigenvalue weighted by atomic mass is 10.2. The van der Waals surface area contributed by atoms with E-state index in [4.69, 9.17) is 9.47 Å². The van der Waals surface area contributed by atoms with E-state index in [9.17, 15) is 8.42 Å². The number of hydrogen-bond acceptors (Lipinski definition) is 8. The fourth-order valence-corrected chi connectivity index (χ4v) is 4.51. The van der Waals surface area contributed by atoms with E-state index in [0.717, 1.165) is 5.56 Å². The number of methoxy groups -OCH3 is 2. The monoisotopic (exact) mass is 378 g/mol. The van der Waals surface area contributed by atoms with Crippen LogP contribution in [0.1, 0.15) is 12.0 Å². The second-order valence-electron chi connectivity index (χ2n) is 6.08. The Labute approximate surface area is 152 Å². The number of nitrogens with zero attached hydrogens (tertiary/aromatic N) is 2. The van der Waals surface area contributed by atoms with Gasteiger partial charge in [-0.05, 0) is 24.1 Å². The molecule has 1 aromatic heterocycles. The summed E-state index contributed by atoms with van der Waals surface area (Å²) >= 11 is 0. The lowest BCUT2D eigenvalue weighted by molar-refractivity contribution is 0.354. The van der Waals surface area contributed by atoms with Crippen molar-refractivity contribution in [2.75, 3.05) is 36.4 Å². The van der Waals surface area contributed by atoms with Crippen LogP contribution in [0.5, 0.6) is 11.5 Å². The first-order chi connectivity index (χ1) is 12.5. The molecular formula is C17H22N4O4S. The van der Waals surface area contributed by atoms with Crippen LogP contribution in [0.2, 0.25) is 0 Å². The molecule has 8 nitrogen and oxygen atoms in total. The lowest BCUT2D eigenvalue weighted by Crippen LogP contribution is -2.21. The third kappa shape index (κ3) is 4.54. The largest absolute Gasteiger partial charge is 0.493 e. The number of anilines is 2. The number of hydrogen-bond donors (Lipinski definition) is 2. The Bertz CT molecular complexity index is 873. The average Bonchev–Trinajstić information content (AvgIpc) is 2.98. The van der Waals surface area contributed by atoms with E-state index in [-0.39, 0.29) is 17.5 Å². The number of benzene rings is 1. The molecule has 1 aliphatic rings. The lowest BCUT2D eigenvalue weighted by Gasteiger charge is -2.13. The highest BCUT2D eigenvalue weighted by Gasteiger charge is 2.27. The minimum atomic E-state index is -2.93. The van der Waals surface area contributed by atoms with Gasteiger partial charge in [-0.1, -0.05) is 6.07 Å². The van der Waals surface area contributed by atoms with Crippen molar-refractivity contribution in [2.45, 2.75) is 19.0 Å². The molecule has 1 fully saturated rings. The number of rotatable bonds is 7. The summed E-state index contributed by atoms with van der Waals surface area (Å²) in [7, 11) is 0.268. The Hall–Kier alpha value is -2.55. The van der Waals surface area contributed by atoms with Crippen LogP contribution >= 0.6 is 0 Å². The number of aromatic nitrogens is 2. The summed E-state index contributed by atoms with van der Waals surface area (Å²) < 4.78 is 33.6. The van der Waals surface area contributed by atoms with Gasteiger partial charge in [0.25, 0.3) is 0 Å². The zero-order chi connectivity index (χ0) is 18.6. The first-order valence-corrected chi connectivity index (χ1v) is 10.0. The predicted octanol–water partition coefficient (Wildman–Crippen LogP) is 1.70. The molecule has 0 bridgehead atoms. The maximum atomic E-state index is 11.6. The molecule has 1 aromatic carbocycles.